The van der Waals surface area contributed by atoms with Crippen molar-refractivity contribution in [1.29, 1.82) is 0 Å². The standard InChI is InChI=1S/C25H48B/c1-2-5-9-13-17-21-24(20-16-12-8-4-1)26-25-22-18-14-10-6-3-7-11-15-19-23-25/h24-25H,1-23H2. The van der Waals surface area contributed by atoms with Gasteiger partial charge in [-0.15, -0.1) is 0 Å². The molecule has 0 nitrogen and oxygen atoms in total. The Bertz CT molecular complexity index is 275. The van der Waals surface area contributed by atoms with Gasteiger partial charge in [-0.2, -0.15) is 0 Å². The molecule has 0 N–H and O–H groups in total. The van der Waals surface area contributed by atoms with Gasteiger partial charge in [0.2, 0.25) is 0 Å². The Kier molecular flexibility index (Phi) is 13.8. The number of hydrogen-bond acceptors (Lipinski definition) is 0. The molecule has 0 aromatic rings. The maximum atomic E-state index is 2.88. The van der Waals surface area contributed by atoms with Gasteiger partial charge in [0, 0.05) is 0 Å². The molecule has 0 aliphatic heterocycles. The van der Waals surface area contributed by atoms with Crippen molar-refractivity contribution < 1.29 is 0 Å². The third-order valence-electron chi connectivity index (χ3n) is 7.09. The highest BCUT2D eigenvalue weighted by Crippen LogP contribution is 2.32. The molecule has 0 amide bonds. The monoisotopic (exact) mass is 359 g/mol. The fourth-order valence-corrected chi connectivity index (χ4v) is 5.34. The van der Waals surface area contributed by atoms with E-state index in [4.69, 9.17) is 0 Å². The van der Waals surface area contributed by atoms with Crippen LogP contribution in [0.3, 0.4) is 0 Å². The molecule has 26 heavy (non-hydrogen) atoms. The smallest absolute Gasteiger partial charge is 0.0686 e. The summed E-state index contributed by atoms with van der Waals surface area (Å²) >= 11 is 0. The second-order valence-corrected chi connectivity index (χ2v) is 9.58. The molecule has 2 saturated carbocycles. The van der Waals surface area contributed by atoms with E-state index in [1.807, 2.05) is 0 Å². The highest BCUT2D eigenvalue weighted by atomic mass is 14.1. The first kappa shape index (κ1) is 22.4. The van der Waals surface area contributed by atoms with Crippen molar-refractivity contribution >= 4 is 7.28 Å². The van der Waals surface area contributed by atoms with Crippen molar-refractivity contribution in [3.63, 3.8) is 0 Å². The van der Waals surface area contributed by atoms with Gasteiger partial charge in [-0.3, -0.25) is 0 Å². The van der Waals surface area contributed by atoms with Crippen LogP contribution in [0.1, 0.15) is 148 Å². The predicted octanol–water partition coefficient (Wildman–Crippen LogP) is 9.27. The lowest BCUT2D eigenvalue weighted by Gasteiger charge is -2.23. The largest absolute Gasteiger partial charge is 0.117 e. The van der Waals surface area contributed by atoms with Gasteiger partial charge in [0.15, 0.2) is 0 Å². The third-order valence-corrected chi connectivity index (χ3v) is 7.09. The van der Waals surface area contributed by atoms with E-state index in [1.165, 1.54) is 148 Å². The van der Waals surface area contributed by atoms with Gasteiger partial charge in [-0.05, 0) is 0 Å². The molecule has 2 rings (SSSR count). The minimum atomic E-state index is 0.939. The quantitative estimate of drug-likeness (QED) is 0.431. The number of rotatable bonds is 2. The molecule has 0 saturated heterocycles. The van der Waals surface area contributed by atoms with Crippen LogP contribution < -0.4 is 0 Å². The summed E-state index contributed by atoms with van der Waals surface area (Å²) in [7, 11) is 2.88. The van der Waals surface area contributed by atoms with E-state index >= 15 is 0 Å². The first-order valence-electron chi connectivity index (χ1n) is 12.8. The zero-order chi connectivity index (χ0) is 18.1. The Morgan fingerprint density at radius 1 is 0.269 bits per heavy atom. The topological polar surface area (TPSA) is 0 Å². The summed E-state index contributed by atoms with van der Waals surface area (Å²) in [6.07, 6.45) is 34.4. The molecule has 2 fully saturated rings. The Morgan fingerprint density at radius 3 is 0.692 bits per heavy atom. The van der Waals surface area contributed by atoms with Crippen LogP contribution in [-0.2, 0) is 0 Å². The second kappa shape index (κ2) is 16.1. The van der Waals surface area contributed by atoms with E-state index in [0.29, 0.717) is 0 Å². The van der Waals surface area contributed by atoms with Gasteiger partial charge < -0.3 is 0 Å². The highest BCUT2D eigenvalue weighted by Gasteiger charge is 2.18. The van der Waals surface area contributed by atoms with E-state index in [9.17, 15) is 0 Å². The van der Waals surface area contributed by atoms with Gasteiger partial charge in [0.05, 0.1) is 0 Å². The third kappa shape index (κ3) is 11.7. The average molecular weight is 359 g/mol. The summed E-state index contributed by atoms with van der Waals surface area (Å²) in [5.74, 6) is 1.88. The van der Waals surface area contributed by atoms with Crippen molar-refractivity contribution in [2.45, 2.75) is 159 Å². The number of hydrogen-bond donors (Lipinski definition) is 0. The molecule has 2 aliphatic carbocycles. The molecule has 0 aromatic heterocycles. The minimum Gasteiger partial charge on any atom is -0.0686 e. The first-order chi connectivity index (χ1) is 12.9. The molecule has 1 heteroatoms. The van der Waals surface area contributed by atoms with E-state index in [0.717, 1.165) is 11.6 Å². The van der Waals surface area contributed by atoms with Crippen LogP contribution in [0, 0.1) is 0 Å². The van der Waals surface area contributed by atoms with Crippen LogP contribution in [0.25, 0.3) is 0 Å². The van der Waals surface area contributed by atoms with Crippen LogP contribution in [-0.4, -0.2) is 7.28 Å². The summed E-state index contributed by atoms with van der Waals surface area (Å²) in [6, 6.07) is 0. The van der Waals surface area contributed by atoms with Crippen molar-refractivity contribution in [2.24, 2.45) is 0 Å². The Morgan fingerprint density at radius 2 is 0.462 bits per heavy atom. The van der Waals surface area contributed by atoms with E-state index in [2.05, 4.69) is 7.28 Å². The second-order valence-electron chi connectivity index (χ2n) is 9.58. The van der Waals surface area contributed by atoms with Gasteiger partial charge in [-0.1, -0.05) is 159 Å². The van der Waals surface area contributed by atoms with Crippen molar-refractivity contribution in [3.8, 4) is 0 Å². The molecule has 0 heterocycles. The van der Waals surface area contributed by atoms with Crippen molar-refractivity contribution in [1.82, 2.24) is 0 Å². The van der Waals surface area contributed by atoms with Crippen LogP contribution in [0.15, 0.2) is 0 Å². The molecule has 151 valence electrons. The fraction of sp³-hybridized carbons (Fsp3) is 1.00. The van der Waals surface area contributed by atoms with E-state index in [1.54, 1.807) is 0 Å². The van der Waals surface area contributed by atoms with Crippen LogP contribution in [0.4, 0.5) is 0 Å². The molecule has 0 bridgehead atoms. The Labute approximate surface area is 166 Å². The average Bonchev–Trinajstić information content (AvgIpc) is 2.66. The normalized spacial score (nSPS) is 25.7. The molecule has 1 radical (unpaired) electrons. The van der Waals surface area contributed by atoms with Gasteiger partial charge in [-0.25, -0.2) is 0 Å². The van der Waals surface area contributed by atoms with E-state index < -0.39 is 0 Å². The maximum Gasteiger partial charge on any atom is 0.117 e. The zero-order valence-electron chi connectivity index (χ0n) is 18.0. The van der Waals surface area contributed by atoms with Crippen LogP contribution >= 0.6 is 0 Å². The first-order valence-corrected chi connectivity index (χ1v) is 12.8. The predicted molar refractivity (Wildman–Crippen MR) is 119 cm³/mol. The Hall–Kier alpha value is 0.0649. The SMILES string of the molecule is [B](C1CCCCCCCCCCCC1)C1CCCCCCCCCCC1. The van der Waals surface area contributed by atoms with Gasteiger partial charge in [0.1, 0.15) is 7.28 Å². The highest BCUT2D eigenvalue weighted by molar-refractivity contribution is 6.39. The summed E-state index contributed by atoms with van der Waals surface area (Å²) in [5, 5.41) is 0. The lowest BCUT2D eigenvalue weighted by molar-refractivity contribution is 0.494. The molecule has 0 atom stereocenters. The molecular weight excluding hydrogens is 311 g/mol. The van der Waals surface area contributed by atoms with Crippen molar-refractivity contribution in [3.05, 3.63) is 0 Å². The minimum absolute atomic E-state index is 0.939. The van der Waals surface area contributed by atoms with Gasteiger partial charge in [0.25, 0.3) is 0 Å². The molecule has 0 aromatic carbocycles. The summed E-state index contributed by atoms with van der Waals surface area (Å²) in [6.45, 7) is 0. The Balaban J connectivity index is 1.76. The molecule has 2 aliphatic rings. The van der Waals surface area contributed by atoms with Crippen molar-refractivity contribution in [2.75, 3.05) is 0 Å². The molecule has 0 unspecified atom stereocenters. The maximum absolute atomic E-state index is 2.88. The van der Waals surface area contributed by atoms with E-state index in [-0.39, 0.29) is 0 Å². The fourth-order valence-electron chi connectivity index (χ4n) is 5.34. The molecule has 0 spiro atoms. The molecular formula is C25H48B. The zero-order valence-corrected chi connectivity index (χ0v) is 18.0. The lowest BCUT2D eigenvalue weighted by Crippen LogP contribution is -2.13. The lowest BCUT2D eigenvalue weighted by atomic mass is 9.50. The van der Waals surface area contributed by atoms with Crippen LogP contribution in [0.5, 0.6) is 0 Å². The summed E-state index contributed by atoms with van der Waals surface area (Å²) < 4.78 is 0. The van der Waals surface area contributed by atoms with Gasteiger partial charge >= 0.3 is 0 Å². The summed E-state index contributed by atoms with van der Waals surface area (Å²) in [5.41, 5.74) is 0. The summed E-state index contributed by atoms with van der Waals surface area (Å²) in [4.78, 5) is 0. The van der Waals surface area contributed by atoms with Crippen LogP contribution in [0.2, 0.25) is 11.6 Å².